The van der Waals surface area contributed by atoms with Crippen LogP contribution in [0.4, 0.5) is 13.2 Å². The van der Waals surface area contributed by atoms with Crippen molar-refractivity contribution in [1.29, 1.82) is 0 Å². The van der Waals surface area contributed by atoms with E-state index in [-0.39, 0.29) is 33.2 Å². The van der Waals surface area contributed by atoms with Crippen molar-refractivity contribution in [3.05, 3.63) is 56.9 Å². The van der Waals surface area contributed by atoms with Gasteiger partial charge in [0.1, 0.15) is 17.0 Å². The van der Waals surface area contributed by atoms with Gasteiger partial charge in [-0.15, -0.1) is 0 Å². The first kappa shape index (κ1) is 15.1. The smallest absolute Gasteiger partial charge is 0.264 e. The van der Waals surface area contributed by atoms with Crippen molar-refractivity contribution in [2.45, 2.75) is 13.0 Å². The van der Waals surface area contributed by atoms with Crippen LogP contribution < -0.4 is 4.74 Å². The third-order valence-electron chi connectivity index (χ3n) is 2.44. The molecule has 2 aromatic rings. The van der Waals surface area contributed by atoms with Crippen LogP contribution in [0.15, 0.2) is 34.9 Å². The molecule has 0 unspecified atom stereocenters. The lowest BCUT2D eigenvalue weighted by atomic mass is 10.2. The van der Waals surface area contributed by atoms with E-state index in [9.17, 15) is 13.2 Å². The first-order valence-electron chi connectivity index (χ1n) is 5.48. The Bertz CT molecular complexity index is 625. The van der Waals surface area contributed by atoms with Crippen molar-refractivity contribution in [1.82, 2.24) is 4.98 Å². The minimum Gasteiger partial charge on any atom is -0.473 e. The second-order valence-corrected chi connectivity index (χ2v) is 5.14. The van der Waals surface area contributed by atoms with Gasteiger partial charge in [-0.3, -0.25) is 0 Å². The molecule has 0 fully saturated rings. The molecule has 0 atom stereocenters. The maximum atomic E-state index is 13.5. The molecule has 0 aliphatic rings. The molecule has 0 spiro atoms. The molecule has 0 aliphatic carbocycles. The van der Waals surface area contributed by atoms with Crippen LogP contribution in [-0.2, 0) is 6.61 Å². The fraction of sp³-hybridized carbons (Fsp3) is 0.154. The quantitative estimate of drug-likeness (QED) is 0.698. The molecular formula is C13H8BrClF3NO. The van der Waals surface area contributed by atoms with Gasteiger partial charge >= 0.3 is 0 Å². The largest absolute Gasteiger partial charge is 0.473 e. The van der Waals surface area contributed by atoms with E-state index in [1.165, 1.54) is 18.2 Å². The van der Waals surface area contributed by atoms with E-state index < -0.39 is 12.2 Å². The number of alkyl halides is 2. The number of rotatable bonds is 4. The van der Waals surface area contributed by atoms with Crippen LogP contribution in [0.5, 0.6) is 5.88 Å². The summed E-state index contributed by atoms with van der Waals surface area (Å²) in [7, 11) is 0. The minimum absolute atomic E-state index is 0.0102. The summed E-state index contributed by atoms with van der Waals surface area (Å²) in [6.07, 6.45) is -2.64. The van der Waals surface area contributed by atoms with Gasteiger partial charge in [-0.2, -0.15) is 0 Å². The van der Waals surface area contributed by atoms with Crippen molar-refractivity contribution in [3.63, 3.8) is 0 Å². The Hall–Kier alpha value is -1.27. The lowest BCUT2D eigenvalue weighted by molar-refractivity contribution is 0.150. The van der Waals surface area contributed by atoms with Crippen molar-refractivity contribution < 1.29 is 17.9 Å². The van der Waals surface area contributed by atoms with Crippen LogP contribution in [0.25, 0.3) is 0 Å². The monoisotopic (exact) mass is 365 g/mol. The maximum absolute atomic E-state index is 13.5. The Labute approximate surface area is 126 Å². The third kappa shape index (κ3) is 3.86. The van der Waals surface area contributed by atoms with E-state index in [4.69, 9.17) is 16.3 Å². The Morgan fingerprint density at radius 3 is 2.65 bits per heavy atom. The highest BCUT2D eigenvalue weighted by atomic mass is 79.9. The summed E-state index contributed by atoms with van der Waals surface area (Å²) in [5, 5.41) is 0.270. The number of pyridine rings is 1. The third-order valence-corrected chi connectivity index (χ3v) is 3.08. The molecule has 7 heteroatoms. The average molecular weight is 367 g/mol. The van der Waals surface area contributed by atoms with Crippen molar-refractivity contribution in [2.75, 3.05) is 0 Å². The second-order valence-electron chi connectivity index (χ2n) is 3.89. The summed E-state index contributed by atoms with van der Waals surface area (Å²) >= 11 is 8.64. The number of ether oxygens (including phenoxy) is 1. The average Bonchev–Trinajstić information content (AvgIpc) is 2.37. The predicted molar refractivity (Wildman–Crippen MR) is 72.6 cm³/mol. The molecule has 0 saturated carbocycles. The summed E-state index contributed by atoms with van der Waals surface area (Å²) < 4.78 is 44.2. The molecular weight excluding hydrogens is 358 g/mol. The second kappa shape index (κ2) is 6.45. The highest BCUT2D eigenvalue weighted by molar-refractivity contribution is 9.10. The van der Waals surface area contributed by atoms with Crippen LogP contribution in [-0.4, -0.2) is 4.98 Å². The van der Waals surface area contributed by atoms with Gasteiger partial charge < -0.3 is 4.74 Å². The Kier molecular flexibility index (Phi) is 4.88. The fourth-order valence-corrected chi connectivity index (χ4v) is 2.08. The molecule has 0 radical (unpaired) electrons. The van der Waals surface area contributed by atoms with Gasteiger partial charge in [0.2, 0.25) is 5.88 Å². The van der Waals surface area contributed by atoms with Crippen molar-refractivity contribution in [3.8, 4) is 5.88 Å². The maximum Gasteiger partial charge on any atom is 0.264 e. The van der Waals surface area contributed by atoms with E-state index in [2.05, 4.69) is 20.9 Å². The summed E-state index contributed by atoms with van der Waals surface area (Å²) in [5.74, 6) is -0.536. The highest BCUT2D eigenvalue weighted by Gasteiger charge is 2.12. The Morgan fingerprint density at radius 1 is 1.25 bits per heavy atom. The molecule has 1 aromatic heterocycles. The van der Waals surface area contributed by atoms with Gasteiger partial charge in [-0.25, -0.2) is 18.2 Å². The summed E-state index contributed by atoms with van der Waals surface area (Å²) in [6, 6.07) is 6.44. The van der Waals surface area contributed by atoms with Crippen LogP contribution in [0.3, 0.4) is 0 Å². The van der Waals surface area contributed by atoms with Gasteiger partial charge in [-0.05, 0) is 34.1 Å². The molecule has 0 amide bonds. The number of hydrogen-bond acceptors (Lipinski definition) is 2. The molecule has 2 nitrogen and oxygen atoms in total. The number of aromatic nitrogens is 1. The lowest BCUT2D eigenvalue weighted by Gasteiger charge is -2.08. The van der Waals surface area contributed by atoms with Crippen molar-refractivity contribution >= 4 is 27.5 Å². The van der Waals surface area contributed by atoms with Crippen LogP contribution in [0.2, 0.25) is 5.02 Å². The number of nitrogens with zero attached hydrogens (tertiary/aromatic N) is 1. The van der Waals surface area contributed by atoms with E-state index in [1.807, 2.05) is 0 Å². The zero-order chi connectivity index (χ0) is 14.7. The van der Waals surface area contributed by atoms with E-state index in [0.29, 0.717) is 0 Å². The van der Waals surface area contributed by atoms with Crippen LogP contribution in [0.1, 0.15) is 17.6 Å². The molecule has 1 heterocycles. The molecule has 106 valence electrons. The highest BCUT2D eigenvalue weighted by Crippen LogP contribution is 2.26. The number of hydrogen-bond donors (Lipinski definition) is 0. The molecule has 0 N–H and O–H groups in total. The topological polar surface area (TPSA) is 22.1 Å². The van der Waals surface area contributed by atoms with Gasteiger partial charge in [0.05, 0.1) is 0 Å². The lowest BCUT2D eigenvalue weighted by Crippen LogP contribution is -2.01. The first-order valence-corrected chi connectivity index (χ1v) is 6.65. The van der Waals surface area contributed by atoms with Gasteiger partial charge in [0.25, 0.3) is 6.43 Å². The summed E-state index contributed by atoms with van der Waals surface area (Å²) in [4.78, 5) is 3.89. The molecule has 0 bridgehead atoms. The van der Waals surface area contributed by atoms with E-state index in [1.54, 1.807) is 0 Å². The summed E-state index contributed by atoms with van der Waals surface area (Å²) in [5.41, 5.74) is 0.0354. The normalized spacial score (nSPS) is 10.9. The minimum atomic E-state index is -2.64. The first-order chi connectivity index (χ1) is 9.45. The number of benzene rings is 1. The SMILES string of the molecule is Fc1cc(Cl)ccc1COc1cc(C(F)F)cc(Br)n1. The zero-order valence-electron chi connectivity index (χ0n) is 9.92. The van der Waals surface area contributed by atoms with E-state index in [0.717, 1.165) is 12.1 Å². The number of halogens is 5. The van der Waals surface area contributed by atoms with Crippen LogP contribution in [0, 0.1) is 5.82 Å². The van der Waals surface area contributed by atoms with Gasteiger partial charge in [-0.1, -0.05) is 17.7 Å². The predicted octanol–water partition coefficient (Wildman–Crippen LogP) is 5.15. The van der Waals surface area contributed by atoms with Gasteiger partial charge in [0.15, 0.2) is 0 Å². The standard InChI is InChI=1S/C13H8BrClF3NO/c14-11-3-8(13(17)18)4-12(19-11)20-6-7-1-2-9(15)5-10(7)16/h1-5,13H,6H2. The van der Waals surface area contributed by atoms with Crippen molar-refractivity contribution in [2.24, 2.45) is 0 Å². The zero-order valence-corrected chi connectivity index (χ0v) is 12.3. The van der Waals surface area contributed by atoms with Crippen LogP contribution >= 0.6 is 27.5 Å². The summed E-state index contributed by atoms with van der Waals surface area (Å²) in [6.45, 7) is -0.130. The Balaban J connectivity index is 2.14. The van der Waals surface area contributed by atoms with E-state index >= 15 is 0 Å². The van der Waals surface area contributed by atoms with Gasteiger partial charge in [0, 0.05) is 22.2 Å². The Morgan fingerprint density at radius 2 is 2.00 bits per heavy atom. The molecule has 1 aromatic carbocycles. The molecule has 2 rings (SSSR count). The molecule has 20 heavy (non-hydrogen) atoms. The fourth-order valence-electron chi connectivity index (χ4n) is 1.48. The molecule has 0 saturated heterocycles. The molecule has 0 aliphatic heterocycles.